The van der Waals surface area contributed by atoms with E-state index >= 15 is 0 Å². The number of nitrogens with one attached hydrogen (secondary N) is 1. The Labute approximate surface area is 205 Å². The second-order valence-corrected chi connectivity index (χ2v) is 9.07. The van der Waals surface area contributed by atoms with Crippen molar-refractivity contribution in [2.75, 3.05) is 32.2 Å². The highest BCUT2D eigenvalue weighted by atomic mass is 16.6. The molecule has 10 heteroatoms. The van der Waals surface area contributed by atoms with Gasteiger partial charge >= 0.3 is 6.09 Å². The molecule has 0 bridgehead atoms. The Morgan fingerprint density at radius 1 is 1.23 bits per heavy atom. The number of nitrogens with zero attached hydrogens (tertiary/aromatic N) is 5. The number of piperidine rings is 1. The normalized spacial score (nSPS) is 14.0. The quantitative estimate of drug-likeness (QED) is 0.582. The van der Waals surface area contributed by atoms with E-state index < -0.39 is 5.60 Å². The molecule has 4 rings (SSSR count). The SMILES string of the molecule is CO.COc1cc(-c2ccc(N3CCC(NC(=O)OC(C)(C)C)CC3)nc2)c2c(C#N)cnn2c1. The molecule has 1 aliphatic rings. The van der Waals surface area contributed by atoms with Crippen LogP contribution in [0.5, 0.6) is 5.75 Å². The molecule has 1 aliphatic heterocycles. The summed E-state index contributed by atoms with van der Waals surface area (Å²) in [6.07, 6.45) is 6.38. The zero-order valence-electron chi connectivity index (χ0n) is 20.8. The minimum atomic E-state index is -0.504. The van der Waals surface area contributed by atoms with Gasteiger partial charge in [0.15, 0.2) is 0 Å². The van der Waals surface area contributed by atoms with Gasteiger partial charge in [0.25, 0.3) is 0 Å². The number of amides is 1. The monoisotopic (exact) mass is 480 g/mol. The van der Waals surface area contributed by atoms with Gasteiger partial charge in [0.05, 0.1) is 30.6 Å². The molecule has 0 saturated carbocycles. The van der Waals surface area contributed by atoms with Crippen molar-refractivity contribution in [3.8, 4) is 22.9 Å². The third kappa shape index (κ3) is 6.19. The average Bonchev–Trinajstić information content (AvgIpc) is 3.27. The number of aromatic nitrogens is 3. The molecular weight excluding hydrogens is 448 g/mol. The average molecular weight is 481 g/mol. The number of rotatable bonds is 4. The predicted molar refractivity (Wildman–Crippen MR) is 132 cm³/mol. The Bertz CT molecular complexity index is 1190. The highest BCUT2D eigenvalue weighted by Gasteiger charge is 2.24. The third-order valence-corrected chi connectivity index (χ3v) is 5.54. The number of hydrogen-bond donors (Lipinski definition) is 2. The van der Waals surface area contributed by atoms with Gasteiger partial charge in [-0.15, -0.1) is 0 Å². The number of hydrogen-bond acceptors (Lipinski definition) is 8. The van der Waals surface area contributed by atoms with Gasteiger partial charge in [-0.1, -0.05) is 0 Å². The van der Waals surface area contributed by atoms with Crippen LogP contribution in [0, 0.1) is 11.3 Å². The number of fused-ring (bicyclic) bond motifs is 1. The van der Waals surface area contributed by atoms with Gasteiger partial charge in [-0.2, -0.15) is 10.4 Å². The number of anilines is 1. The second kappa shape index (κ2) is 11.1. The van der Waals surface area contributed by atoms with Gasteiger partial charge < -0.3 is 24.8 Å². The molecular formula is C25H32N6O4. The van der Waals surface area contributed by atoms with Crippen molar-refractivity contribution < 1.29 is 19.4 Å². The minimum Gasteiger partial charge on any atom is -0.495 e. The molecule has 4 heterocycles. The molecule has 0 spiro atoms. The number of carbonyl (C=O) groups excluding carboxylic acids is 1. The van der Waals surface area contributed by atoms with E-state index in [0.717, 1.165) is 55.5 Å². The van der Waals surface area contributed by atoms with Crippen LogP contribution in [0.3, 0.4) is 0 Å². The van der Waals surface area contributed by atoms with Crippen LogP contribution in [-0.4, -0.2) is 64.7 Å². The fraction of sp³-hybridized carbons (Fsp3) is 0.440. The molecule has 3 aromatic rings. The lowest BCUT2D eigenvalue weighted by molar-refractivity contribution is 0.0497. The summed E-state index contributed by atoms with van der Waals surface area (Å²) in [7, 11) is 2.60. The van der Waals surface area contributed by atoms with Crippen molar-refractivity contribution in [2.45, 2.75) is 45.3 Å². The number of aliphatic hydroxyl groups is 1. The number of ether oxygens (including phenoxy) is 2. The van der Waals surface area contributed by atoms with Gasteiger partial charge in [0.2, 0.25) is 0 Å². The fourth-order valence-electron chi connectivity index (χ4n) is 3.97. The van der Waals surface area contributed by atoms with E-state index in [1.54, 1.807) is 24.0 Å². The number of pyridine rings is 2. The molecule has 0 aliphatic carbocycles. The Kier molecular flexibility index (Phi) is 8.14. The highest BCUT2D eigenvalue weighted by Crippen LogP contribution is 2.31. The van der Waals surface area contributed by atoms with E-state index in [1.807, 2.05) is 45.2 Å². The molecule has 0 radical (unpaired) electrons. The number of aliphatic hydroxyl groups excluding tert-OH is 1. The number of carbonyl (C=O) groups is 1. The molecule has 35 heavy (non-hydrogen) atoms. The molecule has 2 N–H and O–H groups in total. The fourth-order valence-corrected chi connectivity index (χ4v) is 3.97. The van der Waals surface area contributed by atoms with Crippen molar-refractivity contribution in [2.24, 2.45) is 0 Å². The van der Waals surface area contributed by atoms with Crippen molar-refractivity contribution in [3.63, 3.8) is 0 Å². The van der Waals surface area contributed by atoms with E-state index in [-0.39, 0.29) is 12.1 Å². The molecule has 186 valence electrons. The molecule has 0 aromatic carbocycles. The maximum Gasteiger partial charge on any atom is 0.407 e. The third-order valence-electron chi connectivity index (χ3n) is 5.54. The lowest BCUT2D eigenvalue weighted by Crippen LogP contribution is -2.46. The van der Waals surface area contributed by atoms with Crippen LogP contribution in [0.2, 0.25) is 0 Å². The smallest absolute Gasteiger partial charge is 0.407 e. The molecule has 1 saturated heterocycles. The van der Waals surface area contributed by atoms with Gasteiger partial charge in [-0.3, -0.25) is 0 Å². The Morgan fingerprint density at radius 2 is 1.94 bits per heavy atom. The van der Waals surface area contributed by atoms with Crippen LogP contribution in [0.15, 0.2) is 36.8 Å². The zero-order valence-corrected chi connectivity index (χ0v) is 20.8. The van der Waals surface area contributed by atoms with Crippen molar-refractivity contribution in [1.82, 2.24) is 19.9 Å². The summed E-state index contributed by atoms with van der Waals surface area (Å²) in [6.45, 7) is 7.15. The van der Waals surface area contributed by atoms with Gasteiger partial charge in [-0.05, 0) is 51.8 Å². The summed E-state index contributed by atoms with van der Waals surface area (Å²) >= 11 is 0. The van der Waals surface area contributed by atoms with E-state index in [2.05, 4.69) is 26.4 Å². The molecule has 1 amide bonds. The summed E-state index contributed by atoms with van der Waals surface area (Å²) in [5.41, 5.74) is 2.43. The zero-order chi connectivity index (χ0) is 25.6. The first-order valence-electron chi connectivity index (χ1n) is 11.4. The Balaban J connectivity index is 0.00000167. The predicted octanol–water partition coefficient (Wildman–Crippen LogP) is 3.38. The first kappa shape index (κ1) is 25.8. The molecule has 0 atom stereocenters. The first-order chi connectivity index (χ1) is 16.8. The summed E-state index contributed by atoms with van der Waals surface area (Å²) in [5.74, 6) is 1.52. The lowest BCUT2D eigenvalue weighted by atomic mass is 10.0. The van der Waals surface area contributed by atoms with Crippen LogP contribution in [0.25, 0.3) is 16.6 Å². The van der Waals surface area contributed by atoms with Crippen LogP contribution >= 0.6 is 0 Å². The lowest BCUT2D eigenvalue weighted by Gasteiger charge is -2.33. The largest absolute Gasteiger partial charge is 0.495 e. The van der Waals surface area contributed by atoms with Gasteiger partial charge in [0, 0.05) is 43.6 Å². The topological polar surface area (TPSA) is 125 Å². The number of methoxy groups -OCH3 is 1. The summed E-state index contributed by atoms with van der Waals surface area (Å²) in [6, 6.07) is 8.16. The summed E-state index contributed by atoms with van der Waals surface area (Å²) < 4.78 is 12.4. The van der Waals surface area contributed by atoms with E-state index in [0.29, 0.717) is 11.3 Å². The van der Waals surface area contributed by atoms with Crippen molar-refractivity contribution in [3.05, 3.63) is 42.4 Å². The minimum absolute atomic E-state index is 0.0895. The molecule has 3 aromatic heterocycles. The molecule has 10 nitrogen and oxygen atoms in total. The van der Waals surface area contributed by atoms with E-state index in [4.69, 9.17) is 14.6 Å². The second-order valence-electron chi connectivity index (χ2n) is 9.07. The maximum atomic E-state index is 12.0. The first-order valence-corrected chi connectivity index (χ1v) is 11.4. The standard InChI is InChI=1S/C24H28N6O3.CH4O/c1-24(2,3)33-23(31)28-18-7-9-29(10-8-18)21-6-5-16(13-26-21)20-11-19(32-4)15-30-22(20)17(12-25)14-27-30;1-2/h5-6,11,13-15,18H,7-10H2,1-4H3,(H,28,31);2H,1H3. The number of alkyl carbamates (subject to hydrolysis) is 1. The summed E-state index contributed by atoms with van der Waals surface area (Å²) in [5, 5.41) is 23.7. The van der Waals surface area contributed by atoms with E-state index in [1.165, 1.54) is 0 Å². The Morgan fingerprint density at radius 3 is 2.51 bits per heavy atom. The Hall–Kier alpha value is -3.84. The van der Waals surface area contributed by atoms with Crippen LogP contribution in [-0.2, 0) is 4.74 Å². The summed E-state index contributed by atoms with van der Waals surface area (Å²) in [4.78, 5) is 18.9. The van der Waals surface area contributed by atoms with Crippen LogP contribution < -0.4 is 15.0 Å². The van der Waals surface area contributed by atoms with Crippen LogP contribution in [0.1, 0.15) is 39.2 Å². The maximum absolute atomic E-state index is 12.0. The number of nitriles is 1. The van der Waals surface area contributed by atoms with E-state index in [9.17, 15) is 10.1 Å². The molecule has 1 fully saturated rings. The highest BCUT2D eigenvalue weighted by molar-refractivity contribution is 5.85. The van der Waals surface area contributed by atoms with Gasteiger partial charge in [-0.25, -0.2) is 14.3 Å². The van der Waals surface area contributed by atoms with Crippen molar-refractivity contribution in [1.29, 1.82) is 5.26 Å². The van der Waals surface area contributed by atoms with Gasteiger partial charge in [0.1, 0.15) is 23.2 Å². The van der Waals surface area contributed by atoms with Crippen molar-refractivity contribution >= 4 is 17.4 Å². The molecule has 0 unspecified atom stereocenters. The van der Waals surface area contributed by atoms with Crippen LogP contribution in [0.4, 0.5) is 10.6 Å².